The highest BCUT2D eigenvalue weighted by molar-refractivity contribution is 7.44. The summed E-state index contributed by atoms with van der Waals surface area (Å²) in [5.41, 5.74) is 1.01. The van der Waals surface area contributed by atoms with E-state index in [0.29, 0.717) is 10.8 Å². The first-order chi connectivity index (χ1) is 5.21. The van der Waals surface area contributed by atoms with Gasteiger partial charge in [0.25, 0.3) is 0 Å². The predicted molar refractivity (Wildman–Crippen MR) is 56.3 cm³/mol. The van der Waals surface area contributed by atoms with Gasteiger partial charge >= 0.3 is 0 Å². The van der Waals surface area contributed by atoms with Crippen LogP contribution in [-0.4, -0.2) is 4.21 Å². The van der Waals surface area contributed by atoms with E-state index in [2.05, 4.69) is 54.1 Å². The third-order valence-electron chi connectivity index (χ3n) is 1.62. The van der Waals surface area contributed by atoms with E-state index in [1.54, 1.807) is 0 Å². The van der Waals surface area contributed by atoms with Gasteiger partial charge in [-0.2, -0.15) is 4.21 Å². The monoisotopic (exact) mass is 190 g/mol. The van der Waals surface area contributed by atoms with Gasteiger partial charge < -0.3 is 0 Å². The van der Waals surface area contributed by atoms with Gasteiger partial charge in [-0.3, -0.25) is 0 Å². The molecule has 0 amide bonds. The number of rotatable bonds is 1. The predicted octanol–water partition coefficient (Wildman–Crippen LogP) is 3.52. The van der Waals surface area contributed by atoms with Crippen LogP contribution in [0.4, 0.5) is 0 Å². The van der Waals surface area contributed by atoms with E-state index in [9.17, 15) is 0 Å². The maximum Gasteiger partial charge on any atom is 0.197 e. The number of hydrogen-bond acceptors (Lipinski definition) is 2. The van der Waals surface area contributed by atoms with Gasteiger partial charge in [0.1, 0.15) is 0 Å². The Morgan fingerprint density at radius 3 is 1.00 bits per heavy atom. The average Bonchev–Trinajstić information content (AvgIpc) is 1.86. The molecule has 0 aliphatic carbocycles. The van der Waals surface area contributed by atoms with Gasteiger partial charge in [-0.1, -0.05) is 41.5 Å². The lowest BCUT2D eigenvalue weighted by Crippen LogP contribution is -2.12. The molecular formula is C10H22OS. The van der Waals surface area contributed by atoms with E-state index >= 15 is 0 Å². The van der Waals surface area contributed by atoms with Crippen LogP contribution in [0.15, 0.2) is 0 Å². The fraction of sp³-hybridized carbons (Fsp3) is 1.00. The first-order valence-electron chi connectivity index (χ1n) is 4.37. The molecule has 0 heterocycles. The number of hydrogen-bond donors (Lipinski definition) is 0. The maximum absolute atomic E-state index is 7.83. The summed E-state index contributed by atoms with van der Waals surface area (Å²) in [7, 11) is 0. The SMILES string of the molecule is CC(C)(C)CCC(C)(C)C.O=S. The zero-order valence-electron chi connectivity index (χ0n) is 9.23. The highest BCUT2D eigenvalue weighted by Crippen LogP contribution is 2.29. The van der Waals surface area contributed by atoms with E-state index in [1.165, 1.54) is 12.8 Å². The Morgan fingerprint density at radius 1 is 0.750 bits per heavy atom. The lowest BCUT2D eigenvalue weighted by molar-refractivity contribution is 0.275. The first-order valence-corrected chi connectivity index (χ1v) is 4.71. The first kappa shape index (κ1) is 14.5. The molecule has 12 heavy (non-hydrogen) atoms. The summed E-state index contributed by atoms with van der Waals surface area (Å²) in [4.78, 5) is 0. The Morgan fingerprint density at radius 2 is 0.917 bits per heavy atom. The van der Waals surface area contributed by atoms with Crippen molar-refractivity contribution in [3.05, 3.63) is 0 Å². The third kappa shape index (κ3) is 16.5. The highest BCUT2D eigenvalue weighted by Gasteiger charge is 2.16. The van der Waals surface area contributed by atoms with Crippen LogP contribution in [0.1, 0.15) is 54.4 Å². The smallest absolute Gasteiger partial charge is 0.197 e. The molecule has 0 bridgehead atoms. The van der Waals surface area contributed by atoms with Crippen LogP contribution in [0.5, 0.6) is 0 Å². The minimum absolute atomic E-state index is 0.507. The van der Waals surface area contributed by atoms with Crippen molar-refractivity contribution < 1.29 is 4.21 Å². The van der Waals surface area contributed by atoms with Crippen LogP contribution < -0.4 is 0 Å². The van der Waals surface area contributed by atoms with Crippen LogP contribution in [0.2, 0.25) is 0 Å². The molecule has 0 saturated carbocycles. The lowest BCUT2D eigenvalue weighted by atomic mass is 9.81. The summed E-state index contributed by atoms with van der Waals surface area (Å²) in [6, 6.07) is 0. The molecule has 0 aliphatic rings. The highest BCUT2D eigenvalue weighted by atomic mass is 32.1. The molecule has 0 rings (SSSR count). The van der Waals surface area contributed by atoms with Crippen molar-refractivity contribution in [3.8, 4) is 0 Å². The van der Waals surface area contributed by atoms with Crippen molar-refractivity contribution in [1.82, 2.24) is 0 Å². The summed E-state index contributed by atoms with van der Waals surface area (Å²) in [6.07, 6.45) is 2.66. The van der Waals surface area contributed by atoms with E-state index in [1.807, 2.05) is 0 Å². The second-order valence-electron chi connectivity index (χ2n) is 5.62. The molecule has 0 atom stereocenters. The molecule has 0 aliphatic heterocycles. The van der Waals surface area contributed by atoms with E-state index in [-0.39, 0.29) is 0 Å². The molecular weight excluding hydrogens is 168 g/mol. The van der Waals surface area contributed by atoms with Crippen LogP contribution in [-0.2, 0) is 12.5 Å². The molecule has 0 aromatic rings. The summed E-state index contributed by atoms with van der Waals surface area (Å²) < 4.78 is 7.83. The van der Waals surface area contributed by atoms with Crippen molar-refractivity contribution in [2.75, 3.05) is 0 Å². The molecule has 0 unspecified atom stereocenters. The zero-order chi connectivity index (χ0) is 10.4. The van der Waals surface area contributed by atoms with E-state index < -0.39 is 0 Å². The zero-order valence-corrected chi connectivity index (χ0v) is 10.0. The van der Waals surface area contributed by atoms with Gasteiger partial charge in [0.15, 0.2) is 12.5 Å². The van der Waals surface area contributed by atoms with Gasteiger partial charge in [0.05, 0.1) is 0 Å². The Kier molecular flexibility index (Phi) is 6.82. The second-order valence-corrected chi connectivity index (χ2v) is 5.62. The Bertz CT molecular complexity index is 94.0. The summed E-state index contributed by atoms with van der Waals surface area (Å²) in [5.74, 6) is 0. The van der Waals surface area contributed by atoms with Crippen molar-refractivity contribution in [3.63, 3.8) is 0 Å². The molecule has 0 radical (unpaired) electrons. The van der Waals surface area contributed by atoms with Gasteiger partial charge in [0, 0.05) is 0 Å². The molecule has 0 aromatic heterocycles. The average molecular weight is 190 g/mol. The van der Waals surface area contributed by atoms with Crippen LogP contribution in [0, 0.1) is 10.8 Å². The second kappa shape index (κ2) is 5.63. The fourth-order valence-electron chi connectivity index (χ4n) is 0.750. The lowest BCUT2D eigenvalue weighted by Gasteiger charge is -2.24. The molecule has 0 saturated heterocycles. The Hall–Kier alpha value is 0.0200. The quantitative estimate of drug-likeness (QED) is 0.629. The van der Waals surface area contributed by atoms with Gasteiger partial charge in [-0.05, 0) is 23.7 Å². The van der Waals surface area contributed by atoms with Gasteiger partial charge in [0.2, 0.25) is 0 Å². The minimum Gasteiger partial charge on any atom is -0.197 e. The van der Waals surface area contributed by atoms with Gasteiger partial charge in [-0.25, -0.2) is 0 Å². The van der Waals surface area contributed by atoms with Crippen molar-refractivity contribution in [1.29, 1.82) is 0 Å². The van der Waals surface area contributed by atoms with Crippen LogP contribution in [0.3, 0.4) is 0 Å². The minimum atomic E-state index is 0.507. The summed E-state index contributed by atoms with van der Waals surface area (Å²) in [6.45, 7) is 13.8. The normalized spacial score (nSPS) is 11.8. The van der Waals surface area contributed by atoms with E-state index in [4.69, 9.17) is 4.21 Å². The molecule has 1 nitrogen and oxygen atoms in total. The van der Waals surface area contributed by atoms with Gasteiger partial charge in [-0.15, -0.1) is 0 Å². The Balaban J connectivity index is 0. The van der Waals surface area contributed by atoms with Crippen molar-refractivity contribution in [2.45, 2.75) is 54.4 Å². The fourth-order valence-corrected chi connectivity index (χ4v) is 0.750. The van der Waals surface area contributed by atoms with Crippen LogP contribution in [0.25, 0.3) is 0 Å². The molecule has 74 valence electrons. The summed E-state index contributed by atoms with van der Waals surface area (Å²) >= 11 is 2.83. The molecule has 0 spiro atoms. The van der Waals surface area contributed by atoms with Crippen molar-refractivity contribution in [2.24, 2.45) is 10.8 Å². The summed E-state index contributed by atoms with van der Waals surface area (Å²) in [5, 5.41) is 0. The molecule has 2 heteroatoms. The van der Waals surface area contributed by atoms with E-state index in [0.717, 1.165) is 0 Å². The standard InChI is InChI=1S/C10H22.OS/c1-9(2,3)7-8-10(4,5)6;1-2/h7-8H2,1-6H3;. The molecule has 0 fully saturated rings. The molecule has 0 N–H and O–H groups in total. The largest absolute Gasteiger partial charge is 0.197 e. The maximum atomic E-state index is 7.83. The van der Waals surface area contributed by atoms with Crippen LogP contribution >= 0.6 is 0 Å². The molecule has 0 aromatic carbocycles. The van der Waals surface area contributed by atoms with Crippen molar-refractivity contribution >= 4 is 12.5 Å². The Labute approximate surface area is 82.5 Å². The topological polar surface area (TPSA) is 17.1 Å². The third-order valence-corrected chi connectivity index (χ3v) is 1.62.